The van der Waals surface area contributed by atoms with E-state index in [2.05, 4.69) is 22.3 Å². The van der Waals surface area contributed by atoms with Crippen molar-refractivity contribution in [1.82, 2.24) is 28.5 Å². The van der Waals surface area contributed by atoms with Gasteiger partial charge in [-0.05, 0) is 25.7 Å². The third-order valence-corrected chi connectivity index (χ3v) is 5.13. The molecule has 0 radical (unpaired) electrons. The van der Waals surface area contributed by atoms with E-state index in [0.29, 0.717) is 17.4 Å². The molecule has 10 heteroatoms. The summed E-state index contributed by atoms with van der Waals surface area (Å²) in [5, 5.41) is 7.05. The van der Waals surface area contributed by atoms with Crippen LogP contribution in [0.3, 0.4) is 0 Å². The van der Waals surface area contributed by atoms with E-state index in [-0.39, 0.29) is 18.1 Å². The van der Waals surface area contributed by atoms with E-state index in [9.17, 15) is 14.4 Å². The molecule has 1 N–H and O–H groups in total. The second-order valence-corrected chi connectivity index (χ2v) is 7.05. The van der Waals surface area contributed by atoms with Gasteiger partial charge in [-0.1, -0.05) is 0 Å². The molecule has 0 aromatic carbocycles. The second-order valence-electron chi connectivity index (χ2n) is 7.05. The molecule has 1 unspecified atom stereocenters. The van der Waals surface area contributed by atoms with Gasteiger partial charge in [-0.15, -0.1) is 0 Å². The smallest absolute Gasteiger partial charge is 0.328 e. The number of fused-ring (bicyclic) bond motifs is 1. The highest BCUT2D eigenvalue weighted by Gasteiger charge is 2.30. The molecule has 1 saturated carbocycles. The number of nitrogens with one attached hydrogen (secondary N) is 1. The van der Waals surface area contributed by atoms with E-state index in [4.69, 9.17) is 0 Å². The number of nitrogens with zero attached hydrogens (tertiary/aromatic N) is 6. The van der Waals surface area contributed by atoms with Gasteiger partial charge in [-0.3, -0.25) is 14.2 Å². The Morgan fingerprint density at radius 2 is 2.07 bits per heavy atom. The van der Waals surface area contributed by atoms with Crippen LogP contribution in [0.1, 0.15) is 25.8 Å². The van der Waals surface area contributed by atoms with E-state index in [1.54, 1.807) is 24.0 Å². The summed E-state index contributed by atoms with van der Waals surface area (Å²) in [6.45, 7) is 1.69. The van der Waals surface area contributed by atoms with E-state index in [0.717, 1.165) is 17.4 Å². The molecule has 0 bridgehead atoms. The van der Waals surface area contributed by atoms with Crippen LogP contribution in [0.5, 0.6) is 0 Å². The summed E-state index contributed by atoms with van der Waals surface area (Å²) in [5.74, 6) is 0.675. The third-order valence-electron chi connectivity index (χ3n) is 5.13. The summed E-state index contributed by atoms with van der Waals surface area (Å²) < 4.78 is 5.51. The van der Waals surface area contributed by atoms with Crippen LogP contribution in [0, 0.1) is 5.92 Å². The number of amides is 1. The summed E-state index contributed by atoms with van der Waals surface area (Å²) in [5.41, 5.74) is -0.554. The van der Waals surface area contributed by atoms with Gasteiger partial charge in [0.25, 0.3) is 5.56 Å². The number of imidazole rings is 1. The first-order valence-electron chi connectivity index (χ1n) is 8.82. The first-order chi connectivity index (χ1) is 12.9. The van der Waals surface area contributed by atoms with Gasteiger partial charge in [0.2, 0.25) is 5.91 Å². The molecule has 4 rings (SSSR count). The van der Waals surface area contributed by atoms with Crippen molar-refractivity contribution in [3.63, 3.8) is 0 Å². The van der Waals surface area contributed by atoms with Crippen molar-refractivity contribution >= 4 is 22.9 Å². The van der Waals surface area contributed by atoms with Crippen LogP contribution >= 0.6 is 0 Å². The second kappa shape index (κ2) is 6.22. The van der Waals surface area contributed by atoms with E-state index < -0.39 is 17.2 Å². The minimum atomic E-state index is -0.582. The first kappa shape index (κ1) is 17.3. The molecule has 1 aliphatic carbocycles. The van der Waals surface area contributed by atoms with Crippen LogP contribution in [-0.2, 0) is 25.4 Å². The number of carbonyl (C=O) groups excluding carboxylic acids is 1. The van der Waals surface area contributed by atoms with E-state index >= 15 is 0 Å². The minimum absolute atomic E-state index is 0.191. The normalized spacial score (nSPS) is 15.2. The van der Waals surface area contributed by atoms with Crippen molar-refractivity contribution in [2.75, 3.05) is 5.32 Å². The molecule has 1 atom stereocenters. The lowest BCUT2D eigenvalue weighted by Crippen LogP contribution is -2.42. The number of anilines is 1. The monoisotopic (exact) mass is 371 g/mol. The zero-order valence-electron chi connectivity index (χ0n) is 15.4. The van der Waals surface area contributed by atoms with Gasteiger partial charge in [0, 0.05) is 20.2 Å². The lowest BCUT2D eigenvalue weighted by Gasteiger charge is -2.15. The Labute approximate surface area is 154 Å². The fourth-order valence-electron chi connectivity index (χ4n) is 3.38. The standard InChI is InChI=1S/C17H21N7O3/c1-10(11-4-5-11)24-12(6-7-19-24)20-13(25)8-23-16(26)14-15(18-9-21(14)2)22(3)17(23)27/h6-7,9-11H,4-5,8H2,1-3H3,(H,20,25). The largest absolute Gasteiger partial charge is 0.332 e. The Balaban J connectivity index is 1.63. The molecule has 1 fully saturated rings. The Morgan fingerprint density at radius 1 is 1.33 bits per heavy atom. The molecule has 1 aliphatic rings. The summed E-state index contributed by atoms with van der Waals surface area (Å²) in [6.07, 6.45) is 5.41. The Bertz CT molecular complexity index is 1150. The molecule has 0 saturated heterocycles. The quantitative estimate of drug-likeness (QED) is 0.691. The predicted molar refractivity (Wildman–Crippen MR) is 98.5 cm³/mol. The highest BCUT2D eigenvalue weighted by molar-refractivity contribution is 5.89. The Morgan fingerprint density at radius 3 is 2.78 bits per heavy atom. The van der Waals surface area contributed by atoms with E-state index in [1.807, 2.05) is 0 Å². The van der Waals surface area contributed by atoms with Gasteiger partial charge in [-0.2, -0.15) is 5.10 Å². The molecule has 142 valence electrons. The number of hydrogen-bond acceptors (Lipinski definition) is 5. The van der Waals surface area contributed by atoms with Crippen molar-refractivity contribution in [2.24, 2.45) is 20.0 Å². The van der Waals surface area contributed by atoms with Gasteiger partial charge >= 0.3 is 5.69 Å². The summed E-state index contributed by atoms with van der Waals surface area (Å²) >= 11 is 0. The van der Waals surface area contributed by atoms with Crippen molar-refractivity contribution in [3.05, 3.63) is 39.4 Å². The van der Waals surface area contributed by atoms with Crippen LogP contribution in [0.2, 0.25) is 0 Å². The maximum absolute atomic E-state index is 12.7. The Hall–Kier alpha value is -3.17. The zero-order chi connectivity index (χ0) is 19.3. The van der Waals surface area contributed by atoms with Gasteiger partial charge in [0.05, 0.1) is 18.6 Å². The van der Waals surface area contributed by atoms with Crippen LogP contribution in [0.4, 0.5) is 5.82 Å². The van der Waals surface area contributed by atoms with Crippen LogP contribution in [0.15, 0.2) is 28.2 Å². The van der Waals surface area contributed by atoms with Crippen LogP contribution in [0.25, 0.3) is 11.2 Å². The van der Waals surface area contributed by atoms with Crippen molar-refractivity contribution in [3.8, 4) is 0 Å². The maximum Gasteiger partial charge on any atom is 0.332 e. The van der Waals surface area contributed by atoms with Gasteiger partial charge in [-0.25, -0.2) is 19.0 Å². The van der Waals surface area contributed by atoms with Crippen LogP contribution in [-0.4, -0.2) is 34.4 Å². The molecular weight excluding hydrogens is 350 g/mol. The molecule has 27 heavy (non-hydrogen) atoms. The number of rotatable bonds is 5. The number of aromatic nitrogens is 6. The molecule has 0 aliphatic heterocycles. The highest BCUT2D eigenvalue weighted by Crippen LogP contribution is 2.40. The fraction of sp³-hybridized carbons (Fsp3) is 0.471. The molecule has 1 amide bonds. The van der Waals surface area contributed by atoms with Crippen molar-refractivity contribution in [1.29, 1.82) is 0 Å². The topological polar surface area (TPSA) is 109 Å². The third kappa shape index (κ3) is 2.86. The fourth-order valence-corrected chi connectivity index (χ4v) is 3.38. The first-order valence-corrected chi connectivity index (χ1v) is 8.82. The minimum Gasteiger partial charge on any atom is -0.328 e. The molecule has 0 spiro atoms. The lowest BCUT2D eigenvalue weighted by molar-refractivity contribution is -0.116. The molecule has 10 nitrogen and oxygen atoms in total. The van der Waals surface area contributed by atoms with Crippen LogP contribution < -0.4 is 16.6 Å². The van der Waals surface area contributed by atoms with Gasteiger partial charge in [0.15, 0.2) is 11.2 Å². The number of hydrogen-bond donors (Lipinski definition) is 1. The summed E-state index contributed by atoms with van der Waals surface area (Å²) in [4.78, 5) is 41.8. The maximum atomic E-state index is 12.7. The molecule has 3 aromatic rings. The zero-order valence-corrected chi connectivity index (χ0v) is 15.4. The lowest BCUT2D eigenvalue weighted by atomic mass is 10.2. The summed E-state index contributed by atoms with van der Waals surface area (Å²) in [6, 6.07) is 1.90. The number of aryl methyl sites for hydroxylation is 2. The van der Waals surface area contributed by atoms with Crippen molar-refractivity contribution < 1.29 is 4.79 Å². The molecule has 3 heterocycles. The SMILES string of the molecule is CC(C1CC1)n1nccc1NC(=O)Cn1c(=O)c2c(ncn2C)n(C)c1=O. The average molecular weight is 371 g/mol. The average Bonchev–Trinajstić information content (AvgIpc) is 3.27. The number of carbonyl (C=O) groups is 1. The predicted octanol–water partition coefficient (Wildman–Crippen LogP) is 0.240. The highest BCUT2D eigenvalue weighted by atomic mass is 16.2. The van der Waals surface area contributed by atoms with Gasteiger partial charge in [0.1, 0.15) is 12.4 Å². The van der Waals surface area contributed by atoms with E-state index in [1.165, 1.54) is 22.5 Å². The van der Waals surface area contributed by atoms with Gasteiger partial charge < -0.3 is 9.88 Å². The summed E-state index contributed by atoms with van der Waals surface area (Å²) in [7, 11) is 3.20. The van der Waals surface area contributed by atoms with Crippen molar-refractivity contribution in [2.45, 2.75) is 32.4 Å². The molecular formula is C17H21N7O3. The molecule has 3 aromatic heterocycles. The Kier molecular flexibility index (Phi) is 3.97.